The van der Waals surface area contributed by atoms with Crippen molar-refractivity contribution in [1.29, 1.82) is 0 Å². The Labute approximate surface area is 117 Å². The zero-order chi connectivity index (χ0) is 13.9. The van der Waals surface area contributed by atoms with Gasteiger partial charge in [0.2, 0.25) is 0 Å². The van der Waals surface area contributed by atoms with Crippen molar-refractivity contribution in [1.82, 2.24) is 0 Å². The molecule has 1 aromatic rings. The monoisotopic (exact) mass is 261 g/mol. The van der Waals surface area contributed by atoms with Gasteiger partial charge >= 0.3 is 0 Å². The van der Waals surface area contributed by atoms with Crippen LogP contribution in [-0.4, -0.2) is 12.2 Å². The second-order valence-corrected chi connectivity index (χ2v) is 5.88. The highest BCUT2D eigenvalue weighted by Gasteiger charge is 2.39. The zero-order valence-electron chi connectivity index (χ0n) is 12.5. The maximum Gasteiger partial charge on any atom is 0.0874 e. The minimum absolute atomic E-state index is 0.00736. The first-order valence-corrected chi connectivity index (χ1v) is 7.56. The fourth-order valence-electron chi connectivity index (χ4n) is 3.24. The normalized spacial score (nSPS) is 20.2. The number of hydrogen-bond donors (Lipinski definition) is 1. The van der Waals surface area contributed by atoms with E-state index < -0.39 is 0 Å². The quantitative estimate of drug-likeness (QED) is 0.887. The largest absolute Gasteiger partial charge is 0.373 e. The Balaban J connectivity index is 2.27. The van der Waals surface area contributed by atoms with Gasteiger partial charge in [-0.3, -0.25) is 0 Å². The Morgan fingerprint density at radius 2 is 1.84 bits per heavy atom. The van der Waals surface area contributed by atoms with Crippen LogP contribution in [0, 0.1) is 13.8 Å². The number of rotatable bonds is 4. The molecule has 1 fully saturated rings. The first kappa shape index (κ1) is 14.5. The third-order valence-electron chi connectivity index (χ3n) is 4.59. The summed E-state index contributed by atoms with van der Waals surface area (Å²) < 4.78 is 6.13. The molecule has 1 aliphatic carbocycles. The van der Waals surface area contributed by atoms with Crippen LogP contribution in [0.15, 0.2) is 18.2 Å². The molecule has 1 unspecified atom stereocenters. The summed E-state index contributed by atoms with van der Waals surface area (Å²) >= 11 is 0. The second-order valence-electron chi connectivity index (χ2n) is 5.88. The van der Waals surface area contributed by atoms with Gasteiger partial charge in [0.05, 0.1) is 11.6 Å². The molecule has 0 aliphatic heterocycles. The predicted molar refractivity (Wildman–Crippen MR) is 80.3 cm³/mol. The third-order valence-corrected chi connectivity index (χ3v) is 4.59. The fourth-order valence-corrected chi connectivity index (χ4v) is 3.24. The summed E-state index contributed by atoms with van der Waals surface area (Å²) in [5, 5.41) is 0. The number of benzene rings is 1. The van der Waals surface area contributed by atoms with E-state index >= 15 is 0 Å². The van der Waals surface area contributed by atoms with Crippen LogP contribution in [0.5, 0.6) is 0 Å². The van der Waals surface area contributed by atoms with Crippen LogP contribution in [0.1, 0.15) is 61.8 Å². The molecule has 1 atom stereocenters. The van der Waals surface area contributed by atoms with Gasteiger partial charge in [-0.25, -0.2) is 0 Å². The highest BCUT2D eigenvalue weighted by atomic mass is 16.5. The molecule has 0 radical (unpaired) electrons. The Hall–Kier alpha value is -0.860. The van der Waals surface area contributed by atoms with Gasteiger partial charge in [-0.2, -0.15) is 0 Å². The van der Waals surface area contributed by atoms with Crippen molar-refractivity contribution in [3.8, 4) is 0 Å². The van der Waals surface area contributed by atoms with Crippen LogP contribution in [-0.2, 0) is 4.74 Å². The van der Waals surface area contributed by atoms with Gasteiger partial charge in [-0.05, 0) is 50.3 Å². The molecule has 1 aromatic carbocycles. The van der Waals surface area contributed by atoms with Gasteiger partial charge in [0, 0.05) is 6.61 Å². The van der Waals surface area contributed by atoms with Crippen LogP contribution in [0.2, 0.25) is 0 Å². The van der Waals surface area contributed by atoms with Crippen LogP contribution in [0.4, 0.5) is 0 Å². The summed E-state index contributed by atoms with van der Waals surface area (Å²) in [6.45, 7) is 7.12. The molecule has 0 spiro atoms. The van der Waals surface area contributed by atoms with Gasteiger partial charge in [-0.1, -0.05) is 37.5 Å². The lowest BCUT2D eigenvalue weighted by Gasteiger charge is -2.42. The van der Waals surface area contributed by atoms with Crippen molar-refractivity contribution in [2.24, 2.45) is 5.73 Å². The standard InChI is InChI=1S/C17H27NO/c1-4-19-17(10-6-5-7-11-17)16(18)15-9-8-13(2)14(3)12-15/h8-9,12,16H,4-7,10-11,18H2,1-3H3. The summed E-state index contributed by atoms with van der Waals surface area (Å²) in [4.78, 5) is 0. The molecular formula is C17H27NO. The summed E-state index contributed by atoms with van der Waals surface area (Å²) in [7, 11) is 0. The van der Waals surface area contributed by atoms with Crippen LogP contribution >= 0.6 is 0 Å². The van der Waals surface area contributed by atoms with E-state index in [9.17, 15) is 0 Å². The van der Waals surface area contributed by atoms with E-state index in [0.29, 0.717) is 0 Å². The summed E-state index contributed by atoms with van der Waals surface area (Å²) in [5.74, 6) is 0. The highest BCUT2D eigenvalue weighted by molar-refractivity contribution is 5.33. The van der Waals surface area contributed by atoms with E-state index in [2.05, 4.69) is 39.0 Å². The van der Waals surface area contributed by atoms with Crippen molar-refractivity contribution >= 4 is 0 Å². The van der Waals surface area contributed by atoms with E-state index in [-0.39, 0.29) is 11.6 Å². The first-order valence-electron chi connectivity index (χ1n) is 7.56. The van der Waals surface area contributed by atoms with Gasteiger partial charge < -0.3 is 10.5 Å². The minimum atomic E-state index is -0.144. The van der Waals surface area contributed by atoms with E-state index in [0.717, 1.165) is 19.4 Å². The molecule has 0 amide bonds. The van der Waals surface area contributed by atoms with Gasteiger partial charge in [0.25, 0.3) is 0 Å². The lowest BCUT2D eigenvalue weighted by molar-refractivity contribution is -0.0830. The average Bonchev–Trinajstić information content (AvgIpc) is 2.42. The Morgan fingerprint density at radius 3 is 2.42 bits per heavy atom. The zero-order valence-corrected chi connectivity index (χ0v) is 12.5. The minimum Gasteiger partial charge on any atom is -0.373 e. The number of ether oxygens (including phenoxy) is 1. The highest BCUT2D eigenvalue weighted by Crippen LogP contribution is 2.40. The molecule has 106 valence electrons. The molecule has 0 bridgehead atoms. The van der Waals surface area contributed by atoms with Crippen LogP contribution < -0.4 is 5.73 Å². The Kier molecular flexibility index (Phi) is 4.64. The molecule has 2 heteroatoms. The Bertz CT molecular complexity index is 416. The smallest absolute Gasteiger partial charge is 0.0874 e. The average molecular weight is 261 g/mol. The fraction of sp³-hybridized carbons (Fsp3) is 0.647. The summed E-state index contributed by atoms with van der Waals surface area (Å²) in [5.41, 5.74) is 10.3. The SMILES string of the molecule is CCOC1(C(N)c2ccc(C)c(C)c2)CCCCC1. The van der Waals surface area contributed by atoms with Crippen LogP contribution in [0.3, 0.4) is 0 Å². The van der Waals surface area contributed by atoms with Crippen molar-refractivity contribution in [2.75, 3.05) is 6.61 Å². The molecule has 0 saturated heterocycles. The first-order chi connectivity index (χ1) is 9.09. The summed E-state index contributed by atoms with van der Waals surface area (Å²) in [6, 6.07) is 6.57. The summed E-state index contributed by atoms with van der Waals surface area (Å²) in [6.07, 6.45) is 5.97. The maximum atomic E-state index is 6.58. The number of hydrogen-bond acceptors (Lipinski definition) is 2. The Morgan fingerprint density at radius 1 is 1.16 bits per heavy atom. The van der Waals surface area contributed by atoms with Gasteiger partial charge in [-0.15, -0.1) is 0 Å². The molecule has 1 saturated carbocycles. The topological polar surface area (TPSA) is 35.2 Å². The molecule has 0 aromatic heterocycles. The van der Waals surface area contributed by atoms with Crippen molar-refractivity contribution in [3.05, 3.63) is 34.9 Å². The molecular weight excluding hydrogens is 234 g/mol. The number of aryl methyl sites for hydroxylation is 2. The molecule has 2 N–H and O–H groups in total. The second kappa shape index (κ2) is 6.06. The molecule has 0 heterocycles. The van der Waals surface area contributed by atoms with E-state index in [1.54, 1.807) is 0 Å². The van der Waals surface area contributed by atoms with E-state index in [1.165, 1.54) is 36.0 Å². The lowest BCUT2D eigenvalue weighted by Crippen LogP contribution is -2.45. The molecule has 1 aliphatic rings. The van der Waals surface area contributed by atoms with E-state index in [4.69, 9.17) is 10.5 Å². The maximum absolute atomic E-state index is 6.58. The van der Waals surface area contributed by atoms with E-state index in [1.807, 2.05) is 0 Å². The van der Waals surface area contributed by atoms with Gasteiger partial charge in [0.1, 0.15) is 0 Å². The van der Waals surface area contributed by atoms with Crippen molar-refractivity contribution in [3.63, 3.8) is 0 Å². The lowest BCUT2D eigenvalue weighted by atomic mass is 9.76. The molecule has 2 nitrogen and oxygen atoms in total. The van der Waals surface area contributed by atoms with Crippen molar-refractivity contribution in [2.45, 2.75) is 64.5 Å². The molecule has 19 heavy (non-hydrogen) atoms. The molecule has 2 rings (SSSR count). The van der Waals surface area contributed by atoms with Gasteiger partial charge in [0.15, 0.2) is 0 Å². The predicted octanol–water partition coefficient (Wildman–Crippen LogP) is 4.04. The third kappa shape index (κ3) is 3.01. The van der Waals surface area contributed by atoms with Crippen molar-refractivity contribution < 1.29 is 4.74 Å². The number of nitrogens with two attached hydrogens (primary N) is 1. The van der Waals surface area contributed by atoms with Crippen LogP contribution in [0.25, 0.3) is 0 Å².